The average molecular weight is 352 g/mol. The Labute approximate surface area is 135 Å². The first-order valence-electron chi connectivity index (χ1n) is 6.83. The number of hydrogen-bond donors (Lipinski definition) is 0. The van der Waals surface area contributed by atoms with E-state index in [1.807, 2.05) is 42.5 Å². The van der Waals surface area contributed by atoms with E-state index in [0.29, 0.717) is 21.3 Å². The standard InChI is InChI=1S/C18H10BrNO2/c19-15-7-3-6-14-17(15)20(22)16(18(14)21)13-9-8-11-4-1-2-5-12(11)10-13/h1-10H. The fourth-order valence-electron chi connectivity index (χ4n) is 2.82. The lowest BCUT2D eigenvalue weighted by Crippen LogP contribution is -2.16. The smallest absolute Gasteiger partial charge is 0.273 e. The molecular formula is C18H10BrNO2. The highest BCUT2D eigenvalue weighted by Crippen LogP contribution is 2.35. The van der Waals surface area contributed by atoms with Gasteiger partial charge in [0.25, 0.3) is 11.5 Å². The van der Waals surface area contributed by atoms with Crippen molar-refractivity contribution < 1.29 is 9.53 Å². The van der Waals surface area contributed by atoms with Gasteiger partial charge in [0.1, 0.15) is 5.56 Å². The van der Waals surface area contributed by atoms with Crippen molar-refractivity contribution in [3.8, 4) is 0 Å². The van der Waals surface area contributed by atoms with Crippen LogP contribution in [-0.2, 0) is 0 Å². The summed E-state index contributed by atoms with van der Waals surface area (Å²) in [4.78, 5) is 12.6. The van der Waals surface area contributed by atoms with E-state index in [0.717, 1.165) is 15.5 Å². The van der Waals surface area contributed by atoms with Gasteiger partial charge in [-0.05, 0) is 51.0 Å². The second kappa shape index (κ2) is 4.78. The third kappa shape index (κ3) is 1.81. The summed E-state index contributed by atoms with van der Waals surface area (Å²) in [5.74, 6) is -0.235. The van der Waals surface area contributed by atoms with Crippen molar-refractivity contribution in [1.82, 2.24) is 0 Å². The van der Waals surface area contributed by atoms with Crippen LogP contribution in [-0.4, -0.2) is 16.2 Å². The van der Waals surface area contributed by atoms with Crippen molar-refractivity contribution >= 4 is 43.9 Å². The highest BCUT2D eigenvalue weighted by Gasteiger charge is 2.37. The minimum absolute atomic E-state index is 0.174. The molecule has 0 saturated carbocycles. The predicted molar refractivity (Wildman–Crippen MR) is 89.8 cm³/mol. The molecule has 4 heteroatoms. The van der Waals surface area contributed by atoms with Crippen LogP contribution < -0.4 is 0 Å². The molecule has 1 heterocycles. The molecule has 22 heavy (non-hydrogen) atoms. The number of hydrogen-bond acceptors (Lipinski definition) is 2. The van der Waals surface area contributed by atoms with Crippen LogP contribution in [0.15, 0.2) is 65.1 Å². The Morgan fingerprint density at radius 2 is 1.68 bits per heavy atom. The first-order chi connectivity index (χ1) is 10.7. The van der Waals surface area contributed by atoms with Crippen LogP contribution in [0.25, 0.3) is 10.8 Å². The summed E-state index contributed by atoms with van der Waals surface area (Å²) in [7, 11) is 0. The van der Waals surface area contributed by atoms with E-state index in [1.54, 1.807) is 18.2 Å². The molecule has 3 aromatic carbocycles. The zero-order chi connectivity index (χ0) is 15.3. The number of ketones is 1. The molecule has 0 unspecified atom stereocenters. The number of nitrogens with zero attached hydrogens (tertiary/aromatic N) is 1. The molecule has 106 valence electrons. The fourth-order valence-corrected chi connectivity index (χ4v) is 3.35. The molecule has 3 aromatic rings. The Morgan fingerprint density at radius 1 is 0.909 bits per heavy atom. The summed E-state index contributed by atoms with van der Waals surface area (Å²) in [5.41, 5.74) is 1.64. The van der Waals surface area contributed by atoms with Gasteiger partial charge in [-0.3, -0.25) is 4.79 Å². The fraction of sp³-hybridized carbons (Fsp3) is 0. The number of benzene rings is 3. The first-order valence-corrected chi connectivity index (χ1v) is 7.63. The van der Waals surface area contributed by atoms with Gasteiger partial charge in [0, 0.05) is 0 Å². The summed E-state index contributed by atoms with van der Waals surface area (Å²) in [6.07, 6.45) is 0. The molecule has 0 N–H and O–H groups in total. The van der Waals surface area contributed by atoms with E-state index in [4.69, 9.17) is 0 Å². The molecule has 0 aliphatic carbocycles. The van der Waals surface area contributed by atoms with E-state index >= 15 is 0 Å². The third-order valence-corrected chi connectivity index (χ3v) is 4.52. The monoisotopic (exact) mass is 351 g/mol. The Balaban J connectivity index is 1.95. The summed E-state index contributed by atoms with van der Waals surface area (Å²) >= 11 is 3.35. The number of rotatable bonds is 1. The Morgan fingerprint density at radius 3 is 2.45 bits per heavy atom. The van der Waals surface area contributed by atoms with E-state index in [1.165, 1.54) is 0 Å². The van der Waals surface area contributed by atoms with Crippen molar-refractivity contribution in [2.45, 2.75) is 0 Å². The minimum atomic E-state index is -0.235. The Hall–Kier alpha value is -2.46. The van der Waals surface area contributed by atoms with Crippen LogP contribution in [0, 0.1) is 5.21 Å². The molecule has 1 aliphatic heterocycles. The lowest BCUT2D eigenvalue weighted by atomic mass is 10.00. The van der Waals surface area contributed by atoms with E-state index < -0.39 is 0 Å². The maximum absolute atomic E-state index is 12.6. The second-order valence-corrected chi connectivity index (χ2v) is 6.02. The van der Waals surface area contributed by atoms with Crippen LogP contribution in [0.4, 0.5) is 5.69 Å². The van der Waals surface area contributed by atoms with Crippen molar-refractivity contribution in [3.63, 3.8) is 0 Å². The Kier molecular flexibility index (Phi) is 2.87. The number of Topliss-reactive ketones (excluding diaryl/α,β-unsaturated/α-hetero) is 1. The molecule has 0 atom stereocenters. The van der Waals surface area contributed by atoms with Crippen LogP contribution >= 0.6 is 15.9 Å². The highest BCUT2D eigenvalue weighted by atomic mass is 79.9. The van der Waals surface area contributed by atoms with Gasteiger partial charge < -0.3 is 5.21 Å². The second-order valence-electron chi connectivity index (χ2n) is 5.17. The van der Waals surface area contributed by atoms with Gasteiger partial charge in [-0.2, -0.15) is 4.74 Å². The molecule has 0 aromatic heterocycles. The minimum Gasteiger partial charge on any atom is -0.618 e. The molecule has 4 rings (SSSR count). The van der Waals surface area contributed by atoms with Crippen LogP contribution in [0.1, 0.15) is 15.9 Å². The van der Waals surface area contributed by atoms with Crippen molar-refractivity contribution in [2.75, 3.05) is 0 Å². The average Bonchev–Trinajstić information content (AvgIpc) is 2.79. The maximum Gasteiger partial charge on any atom is 0.273 e. The number of para-hydroxylation sites is 1. The van der Waals surface area contributed by atoms with Crippen molar-refractivity contribution in [2.24, 2.45) is 0 Å². The summed E-state index contributed by atoms with van der Waals surface area (Å²) in [5, 5.41) is 14.7. The number of carbonyl (C=O) groups excluding carboxylic acids is 1. The largest absolute Gasteiger partial charge is 0.618 e. The molecule has 0 amide bonds. The first kappa shape index (κ1) is 13.2. The maximum atomic E-state index is 12.6. The van der Waals surface area contributed by atoms with E-state index in [-0.39, 0.29) is 11.5 Å². The zero-order valence-corrected chi connectivity index (χ0v) is 13.0. The SMILES string of the molecule is O=C1C(c2ccc3ccccc3c2)=[N+]([O-])c2c(Br)cccc21. The molecule has 3 nitrogen and oxygen atoms in total. The molecule has 0 fully saturated rings. The third-order valence-electron chi connectivity index (χ3n) is 3.88. The summed E-state index contributed by atoms with van der Waals surface area (Å²) < 4.78 is 1.36. The molecule has 0 radical (unpaired) electrons. The van der Waals surface area contributed by atoms with E-state index in [2.05, 4.69) is 15.9 Å². The molecular weight excluding hydrogens is 342 g/mol. The summed E-state index contributed by atoms with van der Waals surface area (Å²) in [6, 6.07) is 18.7. The van der Waals surface area contributed by atoms with Crippen LogP contribution in [0.5, 0.6) is 0 Å². The van der Waals surface area contributed by atoms with E-state index in [9.17, 15) is 10.0 Å². The number of carbonyl (C=O) groups is 1. The van der Waals surface area contributed by atoms with Gasteiger partial charge in [-0.1, -0.05) is 36.4 Å². The zero-order valence-electron chi connectivity index (χ0n) is 11.4. The molecule has 0 bridgehead atoms. The highest BCUT2D eigenvalue weighted by molar-refractivity contribution is 9.10. The molecule has 0 saturated heterocycles. The normalized spacial score (nSPS) is 13.8. The quantitative estimate of drug-likeness (QED) is 0.480. The number of fused-ring (bicyclic) bond motifs is 2. The Bertz CT molecular complexity index is 976. The van der Waals surface area contributed by atoms with Crippen LogP contribution in [0.2, 0.25) is 0 Å². The molecule has 0 spiro atoms. The predicted octanol–water partition coefficient (Wildman–Crippen LogP) is 4.43. The summed E-state index contributed by atoms with van der Waals surface area (Å²) in [6.45, 7) is 0. The van der Waals surface area contributed by atoms with Crippen molar-refractivity contribution in [1.29, 1.82) is 0 Å². The van der Waals surface area contributed by atoms with Crippen LogP contribution in [0.3, 0.4) is 0 Å². The van der Waals surface area contributed by atoms with Crippen molar-refractivity contribution in [3.05, 3.63) is 81.5 Å². The number of halogens is 1. The van der Waals surface area contributed by atoms with Gasteiger partial charge in [-0.15, -0.1) is 0 Å². The van der Waals surface area contributed by atoms with Gasteiger partial charge in [0.2, 0.25) is 5.69 Å². The van der Waals surface area contributed by atoms with Gasteiger partial charge in [-0.25, -0.2) is 0 Å². The van der Waals surface area contributed by atoms with Gasteiger partial charge in [0.05, 0.1) is 10.0 Å². The lowest BCUT2D eigenvalue weighted by Gasteiger charge is -2.04. The topological polar surface area (TPSA) is 43.1 Å². The van der Waals surface area contributed by atoms with Gasteiger partial charge in [0.15, 0.2) is 0 Å². The van der Waals surface area contributed by atoms with Gasteiger partial charge >= 0.3 is 0 Å². The lowest BCUT2D eigenvalue weighted by molar-refractivity contribution is -0.356. The molecule has 1 aliphatic rings.